The van der Waals surface area contributed by atoms with Gasteiger partial charge in [-0.25, -0.2) is 10.2 Å². The highest BCUT2D eigenvalue weighted by molar-refractivity contribution is 5.21. The molecule has 1 aromatic heterocycles. The molecule has 1 aromatic rings. The van der Waals surface area contributed by atoms with Gasteiger partial charge in [0, 0.05) is 17.2 Å². The van der Waals surface area contributed by atoms with Crippen LogP contribution in [0.25, 0.3) is 0 Å². The van der Waals surface area contributed by atoms with E-state index in [2.05, 4.69) is 10.0 Å². The van der Waals surface area contributed by atoms with E-state index in [1.54, 1.807) is 0 Å². The third kappa shape index (κ3) is 0.971. The molecule has 0 atom stereocenters. The lowest BCUT2D eigenvalue weighted by Crippen LogP contribution is -2.08. The molecule has 6 heteroatoms. The van der Waals surface area contributed by atoms with Crippen molar-refractivity contribution in [2.24, 2.45) is 0 Å². The van der Waals surface area contributed by atoms with E-state index < -0.39 is 0 Å². The molecule has 0 spiro atoms. The van der Waals surface area contributed by atoms with Gasteiger partial charge >= 0.3 is 0 Å². The van der Waals surface area contributed by atoms with Gasteiger partial charge in [0.2, 0.25) is 11.8 Å². The van der Waals surface area contributed by atoms with Gasteiger partial charge in [-0.2, -0.15) is 0 Å². The third-order valence-electron chi connectivity index (χ3n) is 0.906. The van der Waals surface area contributed by atoms with Gasteiger partial charge in [0.15, 0.2) is 0 Å². The summed E-state index contributed by atoms with van der Waals surface area (Å²) in [6.07, 6.45) is 0. The van der Waals surface area contributed by atoms with Crippen molar-refractivity contribution in [1.82, 2.24) is 4.73 Å². The first-order valence-electron chi connectivity index (χ1n) is 2.34. The van der Waals surface area contributed by atoms with E-state index in [4.69, 9.17) is 15.5 Å². The maximum Gasteiger partial charge on any atom is 0.233 e. The van der Waals surface area contributed by atoms with E-state index in [1.165, 1.54) is 0 Å². The van der Waals surface area contributed by atoms with Crippen molar-refractivity contribution in [2.75, 3.05) is 0 Å². The number of nitrogens with zero attached hydrogens (tertiary/aromatic N) is 1. The first-order chi connectivity index (χ1) is 4.75. The summed E-state index contributed by atoms with van der Waals surface area (Å²) in [6, 6.07) is 2.32. The van der Waals surface area contributed by atoms with Gasteiger partial charge in [0.1, 0.15) is 0 Å². The molecule has 0 bridgehead atoms. The highest BCUT2D eigenvalue weighted by atomic mass is 17.5. The Labute approximate surface area is 55.3 Å². The summed E-state index contributed by atoms with van der Waals surface area (Å²) >= 11 is 0. The molecule has 0 aromatic carbocycles. The van der Waals surface area contributed by atoms with Crippen LogP contribution < -0.4 is 4.99 Å². The van der Waals surface area contributed by atoms with Crippen LogP contribution in [0.2, 0.25) is 0 Å². The monoisotopic (exact) mass is 147 g/mol. The Bertz CT molecular complexity index is 200. The van der Waals surface area contributed by atoms with Crippen LogP contribution in [0.5, 0.6) is 11.8 Å². The normalized spacial score (nSPS) is 9.70. The minimum Gasteiger partial charge on any atom is -0.492 e. The zero-order valence-corrected chi connectivity index (χ0v) is 4.76. The molecular formula is C4H5NO5. The van der Waals surface area contributed by atoms with Crippen molar-refractivity contribution < 1.29 is 25.5 Å². The van der Waals surface area contributed by atoms with E-state index in [0.29, 0.717) is 4.73 Å². The van der Waals surface area contributed by atoms with Crippen LogP contribution in [0.1, 0.15) is 0 Å². The van der Waals surface area contributed by atoms with Gasteiger partial charge < -0.3 is 10.2 Å². The first kappa shape index (κ1) is 6.72. The van der Waals surface area contributed by atoms with Gasteiger partial charge in [-0.05, 0) is 0 Å². The molecule has 0 amide bonds. The van der Waals surface area contributed by atoms with Gasteiger partial charge in [0.05, 0.1) is 0 Å². The Hall–Kier alpha value is -1.40. The average Bonchev–Trinajstić information content (AvgIpc) is 2.20. The van der Waals surface area contributed by atoms with Gasteiger partial charge in [-0.1, -0.05) is 4.73 Å². The van der Waals surface area contributed by atoms with Crippen molar-refractivity contribution in [3.05, 3.63) is 12.1 Å². The fraction of sp³-hybridized carbons (Fsp3) is 0. The molecule has 1 rings (SSSR count). The minimum absolute atomic E-state index is 0.383. The fourth-order valence-corrected chi connectivity index (χ4v) is 0.512. The van der Waals surface area contributed by atoms with E-state index >= 15 is 0 Å². The number of rotatable bonds is 2. The summed E-state index contributed by atoms with van der Waals surface area (Å²) in [4.78, 5) is 3.88. The highest BCUT2D eigenvalue weighted by Gasteiger charge is 2.06. The maximum absolute atomic E-state index is 8.75. The number of hydrogen-bond acceptors (Lipinski definition) is 5. The summed E-state index contributed by atoms with van der Waals surface area (Å²) in [5.41, 5.74) is 0. The van der Waals surface area contributed by atoms with Crippen molar-refractivity contribution in [3.8, 4) is 11.8 Å². The summed E-state index contributed by atoms with van der Waals surface area (Å²) in [6.45, 7) is 0. The summed E-state index contributed by atoms with van der Waals surface area (Å²) < 4.78 is 0.486. The van der Waals surface area contributed by atoms with Gasteiger partial charge in [-0.3, -0.25) is 0 Å². The Morgan fingerprint density at radius 2 is 1.70 bits per heavy atom. The van der Waals surface area contributed by atoms with Crippen LogP contribution in [0.4, 0.5) is 0 Å². The lowest BCUT2D eigenvalue weighted by Gasteiger charge is -1.99. The molecule has 0 aliphatic carbocycles. The summed E-state index contributed by atoms with van der Waals surface area (Å²) in [5.74, 6) is -0.766. The molecule has 0 fully saturated rings. The van der Waals surface area contributed by atoms with Crippen molar-refractivity contribution in [1.29, 1.82) is 0 Å². The zero-order chi connectivity index (χ0) is 7.56. The van der Waals surface area contributed by atoms with Crippen molar-refractivity contribution in [2.45, 2.75) is 0 Å². The SMILES string of the molecule is OOOn1c(O)ccc1O. The molecule has 6 nitrogen and oxygen atoms in total. The van der Waals surface area contributed by atoms with E-state index in [9.17, 15) is 0 Å². The molecule has 0 radical (unpaired) electrons. The molecule has 0 aliphatic heterocycles. The predicted molar refractivity (Wildman–Crippen MR) is 28.1 cm³/mol. The number of aromatic nitrogens is 1. The molecule has 56 valence electrons. The number of aromatic hydroxyl groups is 2. The molecule has 10 heavy (non-hydrogen) atoms. The largest absolute Gasteiger partial charge is 0.492 e. The first-order valence-corrected chi connectivity index (χ1v) is 2.34. The number of hydrogen-bond donors (Lipinski definition) is 3. The average molecular weight is 147 g/mol. The molecule has 0 saturated carbocycles. The van der Waals surface area contributed by atoms with Crippen LogP contribution in [-0.2, 0) is 5.04 Å². The van der Waals surface area contributed by atoms with Crippen LogP contribution in [0.15, 0.2) is 12.1 Å². The Balaban J connectivity index is 2.87. The topological polar surface area (TPSA) is 84.1 Å². The van der Waals surface area contributed by atoms with Gasteiger partial charge in [0.25, 0.3) is 0 Å². The Morgan fingerprint density at radius 1 is 1.20 bits per heavy atom. The smallest absolute Gasteiger partial charge is 0.233 e. The second-order valence-corrected chi connectivity index (χ2v) is 1.49. The lowest BCUT2D eigenvalue weighted by atomic mass is 10.6. The maximum atomic E-state index is 8.75. The van der Waals surface area contributed by atoms with Crippen molar-refractivity contribution >= 4 is 0 Å². The summed E-state index contributed by atoms with van der Waals surface area (Å²) in [7, 11) is 0. The molecule has 1 heterocycles. The highest BCUT2D eigenvalue weighted by Crippen LogP contribution is 2.18. The predicted octanol–water partition coefficient (Wildman–Crippen LogP) is -0.268. The molecule has 3 N–H and O–H groups in total. The third-order valence-corrected chi connectivity index (χ3v) is 0.906. The van der Waals surface area contributed by atoms with E-state index in [0.717, 1.165) is 12.1 Å². The fourth-order valence-electron chi connectivity index (χ4n) is 0.512. The second-order valence-electron chi connectivity index (χ2n) is 1.49. The van der Waals surface area contributed by atoms with Crippen LogP contribution in [0, 0.1) is 0 Å². The second kappa shape index (κ2) is 2.46. The summed E-state index contributed by atoms with van der Waals surface area (Å²) in [5, 5.41) is 28.4. The molecular weight excluding hydrogens is 142 g/mol. The lowest BCUT2D eigenvalue weighted by molar-refractivity contribution is -0.487. The molecule has 0 unspecified atom stereocenters. The van der Waals surface area contributed by atoms with Gasteiger partial charge in [-0.15, -0.1) is 0 Å². The van der Waals surface area contributed by atoms with Crippen LogP contribution in [-0.4, -0.2) is 20.2 Å². The molecule has 0 aliphatic rings. The Kier molecular flexibility index (Phi) is 1.65. The van der Waals surface area contributed by atoms with Crippen molar-refractivity contribution in [3.63, 3.8) is 0 Å². The van der Waals surface area contributed by atoms with Crippen LogP contribution in [0.3, 0.4) is 0 Å². The zero-order valence-electron chi connectivity index (χ0n) is 4.76. The Morgan fingerprint density at radius 3 is 2.10 bits per heavy atom. The van der Waals surface area contributed by atoms with E-state index in [1.807, 2.05) is 0 Å². The van der Waals surface area contributed by atoms with Crippen LogP contribution >= 0.6 is 0 Å². The minimum atomic E-state index is -0.383. The molecule has 0 saturated heterocycles. The van der Waals surface area contributed by atoms with E-state index in [-0.39, 0.29) is 11.8 Å². The quantitative estimate of drug-likeness (QED) is 0.396. The standard InChI is InChI=1S/C4H5NO5/c6-3-1-2-4(7)5(3)9-10-8/h1-2,6-8H.